The molecule has 1 saturated heterocycles. The van der Waals surface area contributed by atoms with Crippen LogP contribution in [0.3, 0.4) is 0 Å². The fourth-order valence-electron chi connectivity index (χ4n) is 5.85. The van der Waals surface area contributed by atoms with Crippen molar-refractivity contribution >= 4 is 28.3 Å². The fraction of sp³-hybridized carbons (Fsp3) is 0.464. The number of carbonyl (C=O) groups excluding carboxylic acids is 1. The van der Waals surface area contributed by atoms with Crippen LogP contribution in [-0.4, -0.2) is 48.4 Å². The highest BCUT2D eigenvalue weighted by Crippen LogP contribution is 2.48. The summed E-state index contributed by atoms with van der Waals surface area (Å²) in [5.41, 5.74) is 9.88. The molecule has 3 aromatic heterocycles. The minimum Gasteiger partial charge on any atom is -0.383 e. The Bertz CT molecular complexity index is 1400. The van der Waals surface area contributed by atoms with Crippen molar-refractivity contribution in [2.45, 2.75) is 65.3 Å². The van der Waals surface area contributed by atoms with E-state index in [1.807, 2.05) is 11.8 Å². The summed E-state index contributed by atoms with van der Waals surface area (Å²) in [7, 11) is 0. The lowest BCUT2D eigenvalue weighted by molar-refractivity contribution is -0.128. The number of halogens is 2. The van der Waals surface area contributed by atoms with Crippen LogP contribution in [0.2, 0.25) is 0 Å². The number of aromatic nitrogens is 5. The number of rotatable bonds is 6. The highest BCUT2D eigenvalue weighted by Gasteiger charge is 2.38. The van der Waals surface area contributed by atoms with E-state index in [-0.39, 0.29) is 16.9 Å². The van der Waals surface area contributed by atoms with Crippen LogP contribution in [0.5, 0.6) is 0 Å². The monoisotopic (exact) mass is 521 g/mol. The van der Waals surface area contributed by atoms with Gasteiger partial charge >= 0.3 is 0 Å². The van der Waals surface area contributed by atoms with Crippen LogP contribution < -0.4 is 5.73 Å². The largest absolute Gasteiger partial charge is 0.383 e. The average molecular weight is 522 g/mol. The Morgan fingerprint density at radius 1 is 1.18 bits per heavy atom. The van der Waals surface area contributed by atoms with Crippen molar-refractivity contribution < 1.29 is 13.6 Å². The lowest BCUT2D eigenvalue weighted by Gasteiger charge is -2.43. The van der Waals surface area contributed by atoms with E-state index in [1.165, 1.54) is 18.5 Å². The van der Waals surface area contributed by atoms with Gasteiger partial charge in [0.1, 0.15) is 17.3 Å². The van der Waals surface area contributed by atoms with E-state index in [1.54, 1.807) is 0 Å². The van der Waals surface area contributed by atoms with Gasteiger partial charge < -0.3 is 15.2 Å². The predicted molar refractivity (Wildman–Crippen MR) is 143 cm³/mol. The molecular formula is C28H33F2N7O. The quantitative estimate of drug-likeness (QED) is 0.439. The molecule has 38 heavy (non-hydrogen) atoms. The van der Waals surface area contributed by atoms with E-state index >= 15 is 0 Å². The maximum atomic E-state index is 13.2. The summed E-state index contributed by atoms with van der Waals surface area (Å²) in [6, 6.07) is 0. The van der Waals surface area contributed by atoms with Crippen LogP contribution in [0, 0.1) is 5.41 Å². The third-order valence-electron chi connectivity index (χ3n) is 8.08. The van der Waals surface area contributed by atoms with Gasteiger partial charge in [-0.15, -0.1) is 0 Å². The van der Waals surface area contributed by atoms with Crippen LogP contribution in [0.15, 0.2) is 31.1 Å². The first-order chi connectivity index (χ1) is 18.3. The Morgan fingerprint density at radius 2 is 1.89 bits per heavy atom. The Balaban J connectivity index is 1.60. The van der Waals surface area contributed by atoms with E-state index in [0.717, 1.165) is 56.5 Å². The summed E-state index contributed by atoms with van der Waals surface area (Å²) < 4.78 is 28.6. The molecule has 0 bridgehead atoms. The van der Waals surface area contributed by atoms with Crippen molar-refractivity contribution in [3.63, 3.8) is 0 Å². The molecule has 4 heterocycles. The number of aryl methyl sites for hydroxylation is 2. The molecule has 2 aliphatic rings. The van der Waals surface area contributed by atoms with Crippen LogP contribution in [0.1, 0.15) is 69.5 Å². The van der Waals surface area contributed by atoms with Gasteiger partial charge in [0.15, 0.2) is 5.82 Å². The number of anilines is 1. The second-order valence-corrected chi connectivity index (χ2v) is 10.1. The number of piperidine rings is 1. The zero-order chi connectivity index (χ0) is 27.0. The van der Waals surface area contributed by atoms with Gasteiger partial charge in [-0.2, -0.15) is 0 Å². The molecule has 0 saturated carbocycles. The van der Waals surface area contributed by atoms with Gasteiger partial charge in [0.05, 0.1) is 22.2 Å². The number of alkyl halides is 2. The number of hydrogen-bond acceptors (Lipinski definition) is 6. The van der Waals surface area contributed by atoms with Crippen LogP contribution >= 0.6 is 0 Å². The van der Waals surface area contributed by atoms with Gasteiger partial charge in [-0.25, -0.2) is 28.7 Å². The molecule has 1 aliphatic heterocycles. The minimum absolute atomic E-state index is 0.00740. The summed E-state index contributed by atoms with van der Waals surface area (Å²) >= 11 is 0. The summed E-state index contributed by atoms with van der Waals surface area (Å²) in [6.07, 6.45) is 8.64. The molecule has 1 aliphatic carbocycles. The molecule has 1 amide bonds. The molecule has 8 nitrogen and oxygen atoms in total. The summed E-state index contributed by atoms with van der Waals surface area (Å²) in [6.45, 7) is 9.76. The lowest BCUT2D eigenvalue weighted by atomic mass is 9.68. The first-order valence-corrected chi connectivity index (χ1v) is 13.2. The maximum Gasteiger partial charge on any atom is 0.266 e. The molecule has 0 unspecified atom stereocenters. The van der Waals surface area contributed by atoms with E-state index in [0.29, 0.717) is 47.0 Å². The first kappa shape index (κ1) is 25.9. The molecule has 5 rings (SSSR count). The lowest BCUT2D eigenvalue weighted by Crippen LogP contribution is -2.43. The average Bonchev–Trinajstić information content (AvgIpc) is 3.28. The van der Waals surface area contributed by atoms with Gasteiger partial charge in [-0.05, 0) is 56.1 Å². The van der Waals surface area contributed by atoms with Crippen molar-refractivity contribution in [3.8, 4) is 11.4 Å². The molecule has 2 N–H and O–H groups in total. The Hall–Kier alpha value is -3.69. The molecule has 10 heteroatoms. The van der Waals surface area contributed by atoms with Gasteiger partial charge in [0, 0.05) is 38.4 Å². The van der Waals surface area contributed by atoms with E-state index in [4.69, 9.17) is 10.7 Å². The van der Waals surface area contributed by atoms with Crippen molar-refractivity contribution in [3.05, 3.63) is 48.2 Å². The van der Waals surface area contributed by atoms with E-state index < -0.39 is 6.43 Å². The van der Waals surface area contributed by atoms with Gasteiger partial charge in [0.2, 0.25) is 5.91 Å². The number of allylic oxidation sites excluding steroid dienone is 2. The first-order valence-electron chi connectivity index (χ1n) is 13.2. The third kappa shape index (κ3) is 4.46. The highest BCUT2D eigenvalue weighted by molar-refractivity contribution is 6.04. The van der Waals surface area contributed by atoms with Gasteiger partial charge in [-0.1, -0.05) is 19.6 Å². The highest BCUT2D eigenvalue weighted by atomic mass is 19.3. The smallest absolute Gasteiger partial charge is 0.266 e. The number of hydrogen-bond donors (Lipinski definition) is 1. The molecule has 1 fully saturated rings. The summed E-state index contributed by atoms with van der Waals surface area (Å²) in [5.74, 6) is 1.31. The number of amides is 1. The van der Waals surface area contributed by atoms with Crippen molar-refractivity contribution in [2.24, 2.45) is 5.41 Å². The van der Waals surface area contributed by atoms with Crippen molar-refractivity contribution in [1.29, 1.82) is 0 Å². The van der Waals surface area contributed by atoms with Crippen LogP contribution in [0.25, 0.3) is 28.0 Å². The van der Waals surface area contributed by atoms with Crippen LogP contribution in [0.4, 0.5) is 14.6 Å². The van der Waals surface area contributed by atoms with Crippen molar-refractivity contribution in [2.75, 3.05) is 18.8 Å². The van der Waals surface area contributed by atoms with Crippen molar-refractivity contribution in [1.82, 2.24) is 29.4 Å². The molecule has 200 valence electrons. The number of nitrogen functional groups attached to an aromatic ring is 1. The van der Waals surface area contributed by atoms with Gasteiger partial charge in [0.25, 0.3) is 6.43 Å². The normalized spacial score (nSPS) is 17.3. The van der Waals surface area contributed by atoms with Gasteiger partial charge in [-0.3, -0.25) is 4.79 Å². The molecular weight excluding hydrogens is 488 g/mol. The molecule has 3 aromatic rings. The second-order valence-electron chi connectivity index (χ2n) is 10.1. The molecule has 0 aromatic carbocycles. The number of fused-ring (bicyclic) bond motifs is 1. The number of likely N-dealkylation sites (tertiary alicyclic amines) is 1. The third-order valence-corrected chi connectivity index (χ3v) is 8.08. The minimum atomic E-state index is -2.65. The fourth-order valence-corrected chi connectivity index (χ4v) is 5.85. The molecule has 0 radical (unpaired) electrons. The summed E-state index contributed by atoms with van der Waals surface area (Å²) in [4.78, 5) is 31.9. The number of nitrogens with zero attached hydrogens (tertiary/aromatic N) is 6. The zero-order valence-electron chi connectivity index (χ0n) is 21.9. The Kier molecular flexibility index (Phi) is 6.98. The molecule has 0 atom stereocenters. The number of nitrogens with two attached hydrogens (primary N) is 1. The second kappa shape index (κ2) is 10.2. The predicted octanol–water partition coefficient (Wildman–Crippen LogP) is 5.35. The molecule has 1 spiro atoms. The van der Waals surface area contributed by atoms with Crippen LogP contribution in [-0.2, 0) is 17.8 Å². The van der Waals surface area contributed by atoms with E-state index in [2.05, 4.69) is 39.1 Å². The SMILES string of the molecule is C=CC(=O)N1CCC2(CC=C(c3c(-c4ncc(C(F)F)cn4)c4c(N)nc(CC)nc4n3CC)CC2)CC1. The standard InChI is InChI=1S/C28H33F2N7O/c1-4-19-34-25(31)22-21(26-32-15-18(16-33-26)24(29)30)23(37(6-3)27(22)35-19)17-7-9-28(10-8-17)11-13-36(14-12-28)20(38)5-2/h5,7,15-16,24H,2,4,6,8-14H2,1,3H3,(H2,31,34,35). The number of carbonyl (C=O) groups is 1. The zero-order valence-corrected chi connectivity index (χ0v) is 21.9. The topological polar surface area (TPSA) is 103 Å². The Morgan fingerprint density at radius 3 is 2.45 bits per heavy atom. The van der Waals surface area contributed by atoms with E-state index in [9.17, 15) is 13.6 Å². The Labute approximate surface area is 220 Å². The summed E-state index contributed by atoms with van der Waals surface area (Å²) in [5, 5.41) is 0.654. The maximum absolute atomic E-state index is 13.2.